The summed E-state index contributed by atoms with van der Waals surface area (Å²) in [7, 11) is 1.86. The molecule has 7 nitrogen and oxygen atoms in total. The molecule has 3 aromatic heterocycles. The van der Waals surface area contributed by atoms with Gasteiger partial charge < -0.3 is 14.3 Å². The predicted octanol–water partition coefficient (Wildman–Crippen LogP) is 6.71. The molecule has 1 aliphatic heterocycles. The molecule has 0 saturated carbocycles. The molecule has 0 spiro atoms. The van der Waals surface area contributed by atoms with Crippen LogP contribution >= 0.6 is 0 Å². The van der Waals surface area contributed by atoms with Crippen LogP contribution in [-0.4, -0.2) is 40.0 Å². The molecule has 10 heteroatoms. The van der Waals surface area contributed by atoms with Crippen molar-refractivity contribution >= 4 is 44.5 Å². The third kappa shape index (κ3) is 4.32. The molecule has 0 saturated heterocycles. The molecule has 6 aromatic rings. The lowest BCUT2D eigenvalue weighted by Gasteiger charge is -2.22. The molecule has 43 heavy (non-hydrogen) atoms. The molecule has 1 N–H and O–H groups in total. The van der Waals surface area contributed by atoms with E-state index in [-0.39, 0.29) is 11.7 Å². The van der Waals surface area contributed by atoms with Crippen molar-refractivity contribution in [2.24, 2.45) is 0 Å². The van der Waals surface area contributed by atoms with Gasteiger partial charge in [0.25, 0.3) is 5.91 Å². The van der Waals surface area contributed by atoms with Gasteiger partial charge in [0.15, 0.2) is 0 Å². The molecular formula is C33H26F2N4O3S. The lowest BCUT2D eigenvalue weighted by Crippen LogP contribution is -2.20. The zero-order valence-corrected chi connectivity index (χ0v) is 24.4. The van der Waals surface area contributed by atoms with Crippen LogP contribution in [0.1, 0.15) is 15.9 Å². The van der Waals surface area contributed by atoms with Gasteiger partial charge in [-0.1, -0.05) is 12.1 Å². The standard InChI is InChI=1S/C33H26F2N4O3S/c1-36-33(40)30-23-15-22(27(38(2)43(3)41)17-29(23)42-32(30)19-7-10-20(34)11-8-19)25-12-9-18-13-14-39-26-6-4-5-24(35)21(26)16-28(39)31(18)37-25/h4-12,15-17H,13-14H2,1-3H3,(H,36,40). The van der Waals surface area contributed by atoms with Crippen molar-refractivity contribution < 1.29 is 22.2 Å². The molecule has 3 aromatic carbocycles. The molecule has 1 atom stereocenters. The number of carbonyl (C=O) groups is 1. The number of nitrogens with zero attached hydrogens (tertiary/aromatic N) is 3. The van der Waals surface area contributed by atoms with Gasteiger partial charge in [-0.25, -0.2) is 18.0 Å². The Bertz CT molecular complexity index is 2120. The van der Waals surface area contributed by atoms with E-state index in [0.29, 0.717) is 56.7 Å². The van der Waals surface area contributed by atoms with Gasteiger partial charge >= 0.3 is 0 Å². The third-order valence-corrected chi connectivity index (χ3v) is 9.05. The SMILES string of the molecule is CNC(=O)c1c(-c2ccc(F)cc2)oc2cc(N(C)S(C)=O)c(-c3ccc4c(n3)-c3cc5c(F)cccc5n3CC4)cc12. The maximum absolute atomic E-state index is 14.7. The number of hydrogen-bond acceptors (Lipinski definition) is 4. The summed E-state index contributed by atoms with van der Waals surface area (Å²) in [5, 5.41) is 3.76. The van der Waals surface area contributed by atoms with Gasteiger partial charge in [0.05, 0.1) is 33.8 Å². The summed E-state index contributed by atoms with van der Waals surface area (Å²) in [6.45, 7) is 0.710. The number of aromatic nitrogens is 2. The van der Waals surface area contributed by atoms with Crippen molar-refractivity contribution in [2.45, 2.75) is 13.0 Å². The minimum atomic E-state index is -1.39. The molecule has 4 heterocycles. The van der Waals surface area contributed by atoms with Crippen LogP contribution < -0.4 is 9.62 Å². The number of amides is 1. The number of aryl methyl sites for hydroxylation is 2. The second-order valence-electron chi connectivity index (χ2n) is 10.5. The number of anilines is 1. The Morgan fingerprint density at radius 2 is 1.84 bits per heavy atom. The molecule has 0 fully saturated rings. The first kappa shape index (κ1) is 27.0. The minimum Gasteiger partial charge on any atom is -0.455 e. The molecule has 0 aliphatic carbocycles. The zero-order chi connectivity index (χ0) is 30.0. The van der Waals surface area contributed by atoms with Gasteiger partial charge in [-0.05, 0) is 66.6 Å². The number of carbonyl (C=O) groups excluding carboxylic acids is 1. The average Bonchev–Trinajstić information content (AvgIpc) is 3.59. The van der Waals surface area contributed by atoms with E-state index in [1.165, 1.54) is 25.2 Å². The summed E-state index contributed by atoms with van der Waals surface area (Å²) in [5.41, 5.74) is 6.50. The van der Waals surface area contributed by atoms with Crippen molar-refractivity contribution in [3.05, 3.63) is 95.6 Å². The normalized spacial score (nSPS) is 13.1. The predicted molar refractivity (Wildman–Crippen MR) is 165 cm³/mol. The fraction of sp³-hybridized carbons (Fsp3) is 0.152. The lowest BCUT2D eigenvalue weighted by atomic mass is 9.98. The van der Waals surface area contributed by atoms with Crippen LogP contribution in [0.2, 0.25) is 0 Å². The quantitative estimate of drug-likeness (QED) is 0.240. The first-order valence-electron chi connectivity index (χ1n) is 13.7. The third-order valence-electron chi connectivity index (χ3n) is 8.09. The molecule has 7 rings (SSSR count). The van der Waals surface area contributed by atoms with E-state index in [2.05, 4.69) is 9.88 Å². The highest BCUT2D eigenvalue weighted by Crippen LogP contribution is 2.42. The first-order valence-corrected chi connectivity index (χ1v) is 15.2. The van der Waals surface area contributed by atoms with Crippen LogP contribution in [0.3, 0.4) is 0 Å². The fourth-order valence-electron chi connectivity index (χ4n) is 5.87. The molecule has 0 bridgehead atoms. The second kappa shape index (κ2) is 10.2. The summed E-state index contributed by atoms with van der Waals surface area (Å²) in [4.78, 5) is 18.3. The van der Waals surface area contributed by atoms with Gasteiger partial charge in [-0.15, -0.1) is 0 Å². The highest BCUT2D eigenvalue weighted by atomic mass is 32.2. The van der Waals surface area contributed by atoms with Crippen LogP contribution in [0.15, 0.2) is 77.2 Å². The lowest BCUT2D eigenvalue weighted by molar-refractivity contribution is 0.0964. The van der Waals surface area contributed by atoms with Crippen molar-refractivity contribution in [3.8, 4) is 34.0 Å². The molecular weight excluding hydrogens is 570 g/mol. The summed E-state index contributed by atoms with van der Waals surface area (Å²) in [5.74, 6) is -0.759. The number of benzene rings is 3. The van der Waals surface area contributed by atoms with E-state index in [1.807, 2.05) is 30.3 Å². The largest absolute Gasteiger partial charge is 0.455 e. The van der Waals surface area contributed by atoms with Gasteiger partial charge in [0, 0.05) is 54.9 Å². The fourth-order valence-corrected chi connectivity index (χ4v) is 6.30. The first-order chi connectivity index (χ1) is 20.7. The summed E-state index contributed by atoms with van der Waals surface area (Å²) < 4.78 is 51.1. The van der Waals surface area contributed by atoms with Crippen LogP contribution in [0.4, 0.5) is 14.5 Å². The molecule has 216 valence electrons. The zero-order valence-electron chi connectivity index (χ0n) is 23.6. The molecule has 1 amide bonds. The van der Waals surface area contributed by atoms with E-state index in [1.54, 1.807) is 41.9 Å². The Balaban J connectivity index is 1.48. The number of hydrogen-bond donors (Lipinski definition) is 1. The number of pyridine rings is 1. The van der Waals surface area contributed by atoms with E-state index in [9.17, 15) is 17.8 Å². The van der Waals surface area contributed by atoms with Crippen LogP contribution in [0, 0.1) is 11.6 Å². The highest BCUT2D eigenvalue weighted by Gasteiger charge is 2.27. The van der Waals surface area contributed by atoms with Crippen LogP contribution in [-0.2, 0) is 24.0 Å². The van der Waals surface area contributed by atoms with E-state index < -0.39 is 16.8 Å². The van der Waals surface area contributed by atoms with Crippen molar-refractivity contribution in [1.82, 2.24) is 14.9 Å². The summed E-state index contributed by atoms with van der Waals surface area (Å²) in [6.07, 6.45) is 2.31. The summed E-state index contributed by atoms with van der Waals surface area (Å²) >= 11 is 0. The van der Waals surface area contributed by atoms with Gasteiger partial charge in [0.2, 0.25) is 0 Å². The highest BCUT2D eigenvalue weighted by molar-refractivity contribution is 7.85. The van der Waals surface area contributed by atoms with Gasteiger partial charge in [-0.2, -0.15) is 0 Å². The van der Waals surface area contributed by atoms with Gasteiger partial charge in [-0.3, -0.25) is 9.10 Å². The Morgan fingerprint density at radius 1 is 1.05 bits per heavy atom. The monoisotopic (exact) mass is 596 g/mol. The van der Waals surface area contributed by atoms with Crippen LogP contribution in [0.25, 0.3) is 55.8 Å². The molecule has 0 radical (unpaired) electrons. The Kier molecular flexibility index (Phi) is 6.39. The Labute approximate surface area is 248 Å². The summed E-state index contributed by atoms with van der Waals surface area (Å²) in [6, 6.07) is 20.1. The number of rotatable bonds is 5. The molecule has 1 unspecified atom stereocenters. The smallest absolute Gasteiger partial charge is 0.255 e. The second-order valence-corrected chi connectivity index (χ2v) is 11.9. The van der Waals surface area contributed by atoms with E-state index in [4.69, 9.17) is 9.40 Å². The van der Waals surface area contributed by atoms with Crippen molar-refractivity contribution in [3.63, 3.8) is 0 Å². The van der Waals surface area contributed by atoms with E-state index >= 15 is 0 Å². The van der Waals surface area contributed by atoms with Crippen molar-refractivity contribution in [2.75, 3.05) is 24.7 Å². The Hall–Kier alpha value is -4.83. The molecule has 1 aliphatic rings. The van der Waals surface area contributed by atoms with E-state index in [0.717, 1.165) is 28.9 Å². The maximum Gasteiger partial charge on any atom is 0.255 e. The number of furan rings is 1. The van der Waals surface area contributed by atoms with Crippen LogP contribution in [0.5, 0.6) is 0 Å². The van der Waals surface area contributed by atoms with Gasteiger partial charge in [0.1, 0.15) is 34.0 Å². The number of fused-ring (bicyclic) bond motifs is 6. The minimum absolute atomic E-state index is 0.282. The van der Waals surface area contributed by atoms with Crippen molar-refractivity contribution in [1.29, 1.82) is 0 Å². The number of halogens is 2. The average molecular weight is 597 g/mol. The maximum atomic E-state index is 14.7. The Morgan fingerprint density at radius 3 is 2.58 bits per heavy atom. The number of nitrogens with one attached hydrogen (secondary N) is 1. The topological polar surface area (TPSA) is 80.4 Å².